The molecule has 0 saturated carbocycles. The first-order valence-corrected chi connectivity index (χ1v) is 10.3. The fraction of sp³-hybridized carbons (Fsp3) is 0.368. The van der Waals surface area contributed by atoms with E-state index in [1.165, 1.54) is 11.4 Å². The van der Waals surface area contributed by atoms with Crippen molar-refractivity contribution in [1.82, 2.24) is 4.31 Å². The molecule has 5 nitrogen and oxygen atoms in total. The van der Waals surface area contributed by atoms with Gasteiger partial charge in [-0.3, -0.25) is 0 Å². The zero-order chi connectivity index (χ0) is 18.9. The molecule has 0 N–H and O–H groups in total. The summed E-state index contributed by atoms with van der Waals surface area (Å²) in [5.41, 5.74) is 2.96. The highest BCUT2D eigenvalue weighted by Crippen LogP contribution is 2.31. The van der Waals surface area contributed by atoms with Crippen LogP contribution in [0.5, 0.6) is 5.75 Å². The van der Waals surface area contributed by atoms with Crippen LogP contribution in [-0.4, -0.2) is 46.0 Å². The van der Waals surface area contributed by atoms with E-state index in [2.05, 4.69) is 4.90 Å². The van der Waals surface area contributed by atoms with Gasteiger partial charge in [0.15, 0.2) is 0 Å². The fourth-order valence-corrected chi connectivity index (χ4v) is 5.06. The molecule has 3 rings (SSSR count). The third-order valence-corrected chi connectivity index (χ3v) is 7.08. The Morgan fingerprint density at radius 2 is 1.73 bits per heavy atom. The lowest BCUT2D eigenvalue weighted by molar-refractivity contribution is 0.374. The summed E-state index contributed by atoms with van der Waals surface area (Å²) in [5.74, 6) is 0.378. The van der Waals surface area contributed by atoms with Gasteiger partial charge in [0.25, 0.3) is 0 Å². The third kappa shape index (κ3) is 3.54. The summed E-state index contributed by atoms with van der Waals surface area (Å²) in [4.78, 5) is 2.41. The van der Waals surface area contributed by atoms with Crippen molar-refractivity contribution in [3.05, 3.63) is 52.5 Å². The summed E-state index contributed by atoms with van der Waals surface area (Å²) >= 11 is 6.22. The molecule has 140 valence electrons. The van der Waals surface area contributed by atoms with Gasteiger partial charge in [-0.2, -0.15) is 4.31 Å². The van der Waals surface area contributed by atoms with E-state index in [4.69, 9.17) is 16.3 Å². The summed E-state index contributed by atoms with van der Waals surface area (Å²) < 4.78 is 33.0. The Hall–Kier alpha value is -1.76. The second-order valence-corrected chi connectivity index (χ2v) is 8.74. The quantitative estimate of drug-likeness (QED) is 0.796. The average molecular weight is 395 g/mol. The van der Waals surface area contributed by atoms with Crippen molar-refractivity contribution in [1.29, 1.82) is 0 Å². The molecule has 0 amide bonds. The first-order chi connectivity index (χ1) is 12.3. The number of hydrogen-bond donors (Lipinski definition) is 0. The van der Waals surface area contributed by atoms with Gasteiger partial charge in [-0.15, -0.1) is 0 Å². The first-order valence-electron chi connectivity index (χ1n) is 8.49. The lowest BCUT2D eigenvalue weighted by Crippen LogP contribution is -2.48. The minimum atomic E-state index is -3.60. The number of methoxy groups -OCH3 is 1. The zero-order valence-corrected chi connectivity index (χ0v) is 16.8. The molecule has 1 saturated heterocycles. The van der Waals surface area contributed by atoms with E-state index in [-0.39, 0.29) is 4.90 Å². The van der Waals surface area contributed by atoms with E-state index in [1.54, 1.807) is 12.1 Å². The standard InChI is InChI=1S/C19H23ClN2O3S/c1-14-7-8-18(25-3)19(13-14)26(23,24)22-11-9-21(10-12-22)17-6-4-5-16(20)15(17)2/h4-8,13H,9-12H2,1-3H3. The lowest BCUT2D eigenvalue weighted by Gasteiger charge is -2.36. The molecular formula is C19H23ClN2O3S. The van der Waals surface area contributed by atoms with Crippen LogP contribution in [0.1, 0.15) is 11.1 Å². The highest BCUT2D eigenvalue weighted by Gasteiger charge is 2.31. The zero-order valence-electron chi connectivity index (χ0n) is 15.2. The molecule has 0 unspecified atom stereocenters. The van der Waals surface area contributed by atoms with Gasteiger partial charge in [0.1, 0.15) is 10.6 Å². The molecule has 0 aliphatic carbocycles. The molecule has 0 bridgehead atoms. The molecule has 0 aromatic heterocycles. The molecule has 0 spiro atoms. The Morgan fingerprint density at radius 1 is 1.04 bits per heavy atom. The van der Waals surface area contributed by atoms with Crippen LogP contribution in [0.3, 0.4) is 0 Å². The van der Waals surface area contributed by atoms with Crippen molar-refractivity contribution in [2.24, 2.45) is 0 Å². The van der Waals surface area contributed by atoms with Crippen molar-refractivity contribution in [2.45, 2.75) is 18.7 Å². The highest BCUT2D eigenvalue weighted by atomic mass is 35.5. The lowest BCUT2D eigenvalue weighted by atomic mass is 10.1. The van der Waals surface area contributed by atoms with Crippen LogP contribution >= 0.6 is 11.6 Å². The van der Waals surface area contributed by atoms with E-state index in [1.807, 2.05) is 38.1 Å². The van der Waals surface area contributed by atoms with Gasteiger partial charge >= 0.3 is 0 Å². The van der Waals surface area contributed by atoms with E-state index in [0.717, 1.165) is 21.8 Å². The van der Waals surface area contributed by atoms with Crippen molar-refractivity contribution >= 4 is 27.3 Å². The van der Waals surface area contributed by atoms with E-state index >= 15 is 0 Å². The van der Waals surface area contributed by atoms with Gasteiger partial charge in [-0.25, -0.2) is 8.42 Å². The number of aryl methyl sites for hydroxylation is 1. The minimum Gasteiger partial charge on any atom is -0.495 e. The Balaban J connectivity index is 1.81. The van der Waals surface area contributed by atoms with Crippen LogP contribution in [0.15, 0.2) is 41.3 Å². The SMILES string of the molecule is COc1ccc(C)cc1S(=O)(=O)N1CCN(c2cccc(Cl)c2C)CC1. The number of hydrogen-bond acceptors (Lipinski definition) is 4. The maximum atomic E-state index is 13.1. The molecule has 1 aliphatic rings. The largest absolute Gasteiger partial charge is 0.495 e. The van der Waals surface area contributed by atoms with Gasteiger partial charge in [0, 0.05) is 36.9 Å². The average Bonchev–Trinajstić information content (AvgIpc) is 2.64. The summed E-state index contributed by atoms with van der Waals surface area (Å²) in [6.45, 7) is 5.94. The van der Waals surface area contributed by atoms with Crippen molar-refractivity contribution in [3.8, 4) is 5.75 Å². The molecular weight excluding hydrogens is 372 g/mol. The van der Waals surface area contributed by atoms with Crippen LogP contribution in [0.4, 0.5) is 5.69 Å². The summed E-state index contributed by atoms with van der Waals surface area (Å²) in [7, 11) is -2.11. The van der Waals surface area contributed by atoms with Crippen molar-refractivity contribution < 1.29 is 13.2 Å². The molecule has 2 aromatic carbocycles. The number of benzene rings is 2. The molecule has 1 fully saturated rings. The number of halogens is 1. The number of rotatable bonds is 4. The Labute approximate surface area is 160 Å². The summed E-state index contributed by atoms with van der Waals surface area (Å²) in [6, 6.07) is 11.0. The van der Waals surface area contributed by atoms with E-state index < -0.39 is 10.0 Å². The molecule has 2 aromatic rings. The van der Waals surface area contributed by atoms with Gasteiger partial charge in [-0.05, 0) is 49.2 Å². The van der Waals surface area contributed by atoms with Gasteiger partial charge < -0.3 is 9.64 Å². The second-order valence-electron chi connectivity index (χ2n) is 6.43. The maximum Gasteiger partial charge on any atom is 0.246 e. The highest BCUT2D eigenvalue weighted by molar-refractivity contribution is 7.89. The predicted molar refractivity (Wildman–Crippen MR) is 105 cm³/mol. The number of ether oxygens (including phenoxy) is 1. The third-order valence-electron chi connectivity index (χ3n) is 4.76. The Kier molecular flexibility index (Phi) is 5.46. The molecule has 0 atom stereocenters. The number of piperazine rings is 1. The maximum absolute atomic E-state index is 13.1. The topological polar surface area (TPSA) is 49.9 Å². The Morgan fingerprint density at radius 3 is 2.38 bits per heavy atom. The monoisotopic (exact) mass is 394 g/mol. The normalized spacial score (nSPS) is 15.9. The molecule has 7 heteroatoms. The van der Waals surface area contributed by atoms with Crippen LogP contribution in [0.25, 0.3) is 0 Å². The van der Waals surface area contributed by atoms with E-state index in [9.17, 15) is 8.42 Å². The number of nitrogens with zero attached hydrogens (tertiary/aromatic N) is 2. The van der Waals surface area contributed by atoms with Gasteiger partial charge in [0.2, 0.25) is 10.0 Å². The molecule has 1 heterocycles. The van der Waals surface area contributed by atoms with Gasteiger partial charge in [0.05, 0.1) is 7.11 Å². The fourth-order valence-electron chi connectivity index (χ4n) is 3.23. The number of anilines is 1. The molecule has 26 heavy (non-hydrogen) atoms. The summed E-state index contributed by atoms with van der Waals surface area (Å²) in [6.07, 6.45) is 0. The minimum absolute atomic E-state index is 0.229. The van der Waals surface area contributed by atoms with Crippen molar-refractivity contribution in [3.63, 3.8) is 0 Å². The summed E-state index contributed by atoms with van der Waals surface area (Å²) in [5, 5.41) is 0.724. The van der Waals surface area contributed by atoms with Crippen LogP contribution in [0, 0.1) is 13.8 Å². The second kappa shape index (κ2) is 7.47. The first kappa shape index (κ1) is 19.0. The van der Waals surface area contributed by atoms with E-state index in [0.29, 0.717) is 31.9 Å². The Bertz CT molecular complexity index is 907. The van der Waals surface area contributed by atoms with Gasteiger partial charge in [-0.1, -0.05) is 23.7 Å². The smallest absolute Gasteiger partial charge is 0.246 e. The number of sulfonamides is 1. The van der Waals surface area contributed by atoms with Crippen LogP contribution in [0.2, 0.25) is 5.02 Å². The molecule has 1 aliphatic heterocycles. The van der Waals surface area contributed by atoms with Crippen molar-refractivity contribution in [2.75, 3.05) is 38.2 Å². The predicted octanol–water partition coefficient (Wildman–Crippen LogP) is 3.48. The van der Waals surface area contributed by atoms with Crippen LogP contribution < -0.4 is 9.64 Å². The van der Waals surface area contributed by atoms with Crippen LogP contribution in [-0.2, 0) is 10.0 Å². The molecule has 0 radical (unpaired) electrons.